The molecule has 0 saturated carbocycles. The summed E-state index contributed by atoms with van der Waals surface area (Å²) in [6, 6.07) is 6.84. The number of likely N-dealkylation sites (N-methyl/N-ethyl adjacent to an activating group) is 2. The molecule has 398 valence electrons. The lowest BCUT2D eigenvalue weighted by molar-refractivity contribution is -0.318. The molecule has 20 nitrogen and oxygen atoms in total. The van der Waals surface area contributed by atoms with Gasteiger partial charge in [0.25, 0.3) is 0 Å². The van der Waals surface area contributed by atoms with Crippen LogP contribution in [0.4, 0.5) is 0 Å². The Morgan fingerprint density at radius 2 is 1.66 bits per heavy atom. The molecule has 1 aromatic heterocycles. The van der Waals surface area contributed by atoms with E-state index in [0.29, 0.717) is 38.2 Å². The first-order valence-corrected chi connectivity index (χ1v) is 25.0. The normalized spacial score (nSPS) is 39.8. The van der Waals surface area contributed by atoms with Crippen molar-refractivity contribution in [3.05, 3.63) is 36.0 Å². The van der Waals surface area contributed by atoms with Crippen LogP contribution in [0, 0.1) is 17.8 Å². The predicted molar refractivity (Wildman–Crippen MR) is 257 cm³/mol. The number of carbonyl (C=O) groups excluding carboxylic acids is 2. The Kier molecular flexibility index (Phi) is 19.9. The molecule has 18 atom stereocenters. The van der Waals surface area contributed by atoms with Gasteiger partial charge in [0, 0.05) is 63.2 Å². The van der Waals surface area contributed by atoms with E-state index in [1.807, 2.05) is 68.9 Å². The van der Waals surface area contributed by atoms with Crippen molar-refractivity contribution in [2.24, 2.45) is 17.8 Å². The third kappa shape index (κ3) is 13.7. The monoisotopic (exact) mass is 993 g/mol. The van der Waals surface area contributed by atoms with E-state index in [2.05, 4.69) is 10.3 Å². The summed E-state index contributed by atoms with van der Waals surface area (Å²) >= 11 is 0. The third-order valence-electron chi connectivity index (χ3n) is 15.2. The van der Waals surface area contributed by atoms with Gasteiger partial charge in [-0.15, -0.1) is 5.10 Å². The van der Waals surface area contributed by atoms with E-state index in [1.165, 1.54) is 14.0 Å². The number of aryl methyl sites for hydroxylation is 1. The Balaban J connectivity index is 1.45. The summed E-state index contributed by atoms with van der Waals surface area (Å²) in [5.41, 5.74) is -0.433. The summed E-state index contributed by atoms with van der Waals surface area (Å²) in [4.78, 5) is 29.8. The van der Waals surface area contributed by atoms with E-state index in [4.69, 9.17) is 33.6 Å². The Morgan fingerprint density at radius 3 is 2.29 bits per heavy atom. The molecule has 5 rings (SSSR count). The second-order valence-corrected chi connectivity index (χ2v) is 21.3. The van der Waals surface area contributed by atoms with Gasteiger partial charge in [0.15, 0.2) is 12.6 Å². The number of aliphatic hydroxyl groups is 5. The molecule has 7 N–H and O–H groups in total. The highest BCUT2D eigenvalue weighted by molar-refractivity contribution is 5.74. The maximum Gasteiger partial charge on any atom is 0.311 e. The van der Waals surface area contributed by atoms with Crippen molar-refractivity contribution in [3.63, 3.8) is 0 Å². The van der Waals surface area contributed by atoms with E-state index in [9.17, 15) is 35.1 Å². The van der Waals surface area contributed by atoms with Crippen LogP contribution >= 0.6 is 0 Å². The van der Waals surface area contributed by atoms with Crippen LogP contribution in [0.15, 0.2) is 30.5 Å². The van der Waals surface area contributed by atoms with Gasteiger partial charge in [0.05, 0.1) is 47.7 Å². The lowest BCUT2D eigenvalue weighted by Gasteiger charge is -2.49. The molecule has 0 radical (unpaired) electrons. The molecule has 2 aromatic rings. The summed E-state index contributed by atoms with van der Waals surface area (Å²) in [6.07, 6.45) is -6.75. The van der Waals surface area contributed by atoms with Gasteiger partial charge >= 0.3 is 5.97 Å². The summed E-state index contributed by atoms with van der Waals surface area (Å²) in [7, 11) is 5.25. The van der Waals surface area contributed by atoms with Crippen LogP contribution in [-0.4, -0.2) is 185 Å². The zero-order valence-corrected chi connectivity index (χ0v) is 43.6. The van der Waals surface area contributed by atoms with Crippen LogP contribution in [0.3, 0.4) is 0 Å². The molecule has 0 unspecified atom stereocenters. The molecule has 20 heteroatoms. The summed E-state index contributed by atoms with van der Waals surface area (Å²) in [5, 5.41) is 76.9. The van der Waals surface area contributed by atoms with Crippen molar-refractivity contribution < 1.29 is 68.8 Å². The second-order valence-electron chi connectivity index (χ2n) is 21.3. The summed E-state index contributed by atoms with van der Waals surface area (Å²) < 4.78 is 39.9. The van der Waals surface area contributed by atoms with Crippen LogP contribution in [0.2, 0.25) is 0 Å². The van der Waals surface area contributed by atoms with Crippen LogP contribution < -0.4 is 5.48 Å². The molecular formula is C50H84N6O14. The van der Waals surface area contributed by atoms with Crippen molar-refractivity contribution in [1.29, 1.82) is 0 Å². The highest BCUT2D eigenvalue weighted by atomic mass is 16.7. The molecule has 3 fully saturated rings. The molecule has 70 heavy (non-hydrogen) atoms. The van der Waals surface area contributed by atoms with E-state index in [1.54, 1.807) is 57.9 Å². The van der Waals surface area contributed by atoms with Crippen LogP contribution in [-0.2, 0) is 51.1 Å². The Bertz CT molecular complexity index is 1970. The van der Waals surface area contributed by atoms with Gasteiger partial charge < -0.3 is 58.9 Å². The molecule has 1 aromatic carbocycles. The van der Waals surface area contributed by atoms with Crippen LogP contribution in [0.1, 0.15) is 113 Å². The first kappa shape index (κ1) is 57.7. The predicted octanol–water partition coefficient (Wildman–Crippen LogP) is 3.02. The minimum absolute atomic E-state index is 0.0943. The van der Waals surface area contributed by atoms with Crippen molar-refractivity contribution in [1.82, 2.24) is 30.3 Å². The highest BCUT2D eigenvalue weighted by Gasteiger charge is 2.53. The number of nitrogens with one attached hydrogen (secondary N) is 1. The lowest BCUT2D eigenvalue weighted by atomic mass is 9.77. The molecule has 3 aliphatic heterocycles. The number of aliphatic hydroxyl groups excluding tert-OH is 3. The molecular weight excluding hydrogens is 909 g/mol. The topological polar surface area (TPSA) is 260 Å². The number of methoxy groups -OCH3 is 1. The molecule has 4 heterocycles. The third-order valence-corrected chi connectivity index (χ3v) is 15.2. The summed E-state index contributed by atoms with van der Waals surface area (Å²) in [6.45, 7) is 18.8. The molecule has 1 amide bonds. The van der Waals surface area contributed by atoms with Gasteiger partial charge in [0.2, 0.25) is 5.91 Å². The average Bonchev–Trinajstić information content (AvgIpc) is 3.78. The number of hydrogen-bond donors (Lipinski definition) is 7. The molecule has 0 spiro atoms. The van der Waals surface area contributed by atoms with Gasteiger partial charge in [-0.05, 0) is 99.7 Å². The zero-order chi connectivity index (χ0) is 52.0. The first-order chi connectivity index (χ1) is 32.8. The fraction of sp³-hybridized carbons (Fsp3) is 0.800. The minimum atomic E-state index is -1.84. The number of cyclic esters (lactones) is 1. The largest absolute Gasteiger partial charge is 0.459 e. The van der Waals surface area contributed by atoms with Gasteiger partial charge in [0.1, 0.15) is 35.7 Å². The van der Waals surface area contributed by atoms with Crippen molar-refractivity contribution in [3.8, 4) is 11.3 Å². The standard InChI is InChI=1S/C50H84N6O14/c1-14-38-50(10,63)43(59)32(6)54(11)25-28(2)23-48(8,62)45(30(4)42(31(5)46(61)68-38)69-40-24-49(9,65-13)44(60)33(7)67-40)70-47-41(58)37(22-29(3)66-47)55(12)26-34-17-19-35(20-18-34)36-27-56(53-51-36)21-15-16-39(57)52-64/h17-20,27-33,37-38,40-45,47,58-60,62-64H,14-16,21-26H2,1-13H3,(H,52,57)/t28-,29-,30-,31-,32-,33-,37+,38+,40-,41-,42+,43-,44-,45-,47+,48-,49+,50-/m0/s1. The van der Waals surface area contributed by atoms with E-state index < -0.39 is 108 Å². The van der Waals surface area contributed by atoms with Gasteiger partial charge in [-0.3, -0.25) is 24.4 Å². The number of aromatic nitrogens is 3. The Morgan fingerprint density at radius 1 is 0.986 bits per heavy atom. The summed E-state index contributed by atoms with van der Waals surface area (Å²) in [5.74, 6) is -3.28. The van der Waals surface area contributed by atoms with Crippen LogP contribution in [0.25, 0.3) is 11.3 Å². The van der Waals surface area contributed by atoms with Crippen molar-refractivity contribution in [2.75, 3.05) is 27.7 Å². The van der Waals surface area contributed by atoms with Crippen LogP contribution in [0.5, 0.6) is 0 Å². The second kappa shape index (κ2) is 24.2. The quantitative estimate of drug-likeness (QED) is 0.0815. The maximum absolute atomic E-state index is 14.5. The lowest BCUT2D eigenvalue weighted by Crippen LogP contribution is -2.60. The number of amides is 1. The van der Waals surface area contributed by atoms with Gasteiger partial charge in [-0.1, -0.05) is 50.3 Å². The number of nitrogens with zero attached hydrogens (tertiary/aromatic N) is 5. The minimum Gasteiger partial charge on any atom is -0.459 e. The van der Waals surface area contributed by atoms with E-state index >= 15 is 0 Å². The number of hydrogen-bond acceptors (Lipinski definition) is 18. The first-order valence-electron chi connectivity index (χ1n) is 25.0. The fourth-order valence-corrected chi connectivity index (χ4v) is 10.8. The molecule has 0 bridgehead atoms. The number of carbonyl (C=O) groups is 2. The number of esters is 1. The highest BCUT2D eigenvalue weighted by Crippen LogP contribution is 2.40. The Labute approximate surface area is 413 Å². The number of hydroxylamine groups is 1. The van der Waals surface area contributed by atoms with Crippen molar-refractivity contribution in [2.45, 2.75) is 211 Å². The number of benzene rings is 1. The Hall–Kier alpha value is -3.22. The average molecular weight is 993 g/mol. The number of rotatable bonds is 14. The fourth-order valence-electron chi connectivity index (χ4n) is 10.8. The molecule has 3 aliphatic rings. The van der Waals surface area contributed by atoms with Crippen molar-refractivity contribution >= 4 is 11.9 Å². The van der Waals surface area contributed by atoms with E-state index in [-0.39, 0.29) is 37.7 Å². The maximum atomic E-state index is 14.5. The molecule has 3 saturated heterocycles. The van der Waals surface area contributed by atoms with Gasteiger partial charge in [-0.25, -0.2) is 5.48 Å². The van der Waals surface area contributed by atoms with Gasteiger partial charge in [-0.2, -0.15) is 0 Å². The number of ether oxygens (including phenoxy) is 6. The smallest absolute Gasteiger partial charge is 0.311 e. The zero-order valence-electron chi connectivity index (χ0n) is 43.6. The molecule has 0 aliphatic carbocycles. The SMILES string of the molecule is CC[C@H]1OC(=O)[C@@H](C)[C@H](O[C@H]2C[C@@](C)(OC)[C@@H](O)[C@H](C)O2)[C@H](C)[C@H](O[C@H]2O[C@@H](C)C[C@@H](N(C)Cc3ccc(-c4cn(CCCC(=O)NO)nn4)cc3)[C@@H]2O)[C@@](C)(O)C[C@H](C)CN(C)[C@@H](C)[C@H](O)[C@@]1(C)O. The van der Waals surface area contributed by atoms with E-state index in [0.717, 1.165) is 11.1 Å².